The van der Waals surface area contributed by atoms with Gasteiger partial charge in [-0.25, -0.2) is 8.42 Å². The summed E-state index contributed by atoms with van der Waals surface area (Å²) in [6.07, 6.45) is 0. The molecule has 0 aromatic heterocycles. The van der Waals surface area contributed by atoms with Crippen LogP contribution in [-0.2, 0) is 26.2 Å². The Labute approximate surface area is 238 Å². The van der Waals surface area contributed by atoms with Gasteiger partial charge in [-0.3, -0.25) is 13.9 Å². The molecule has 0 unspecified atom stereocenters. The molecule has 1 N–H and O–H groups in total. The van der Waals surface area contributed by atoms with Crippen LogP contribution < -0.4 is 14.4 Å². The van der Waals surface area contributed by atoms with Crippen molar-refractivity contribution in [3.63, 3.8) is 0 Å². The van der Waals surface area contributed by atoms with Gasteiger partial charge >= 0.3 is 0 Å². The lowest BCUT2D eigenvalue weighted by atomic mass is 10.1. The van der Waals surface area contributed by atoms with Gasteiger partial charge in [0.25, 0.3) is 10.0 Å². The van der Waals surface area contributed by atoms with Crippen molar-refractivity contribution in [3.05, 3.63) is 89.0 Å². The molecule has 0 saturated carbocycles. The van der Waals surface area contributed by atoms with E-state index < -0.39 is 28.5 Å². The van der Waals surface area contributed by atoms with Crippen molar-refractivity contribution < 1.29 is 22.7 Å². The van der Waals surface area contributed by atoms with E-state index in [4.69, 9.17) is 4.74 Å². The van der Waals surface area contributed by atoms with Crippen molar-refractivity contribution >= 4 is 27.5 Å². The maximum atomic E-state index is 14.0. The maximum Gasteiger partial charge on any atom is 0.264 e. The first-order valence-corrected chi connectivity index (χ1v) is 14.7. The minimum absolute atomic E-state index is 0.0800. The number of ether oxygens (including phenoxy) is 1. The lowest BCUT2D eigenvalue weighted by Gasteiger charge is -2.32. The highest BCUT2D eigenvalue weighted by Crippen LogP contribution is 2.27. The quantitative estimate of drug-likeness (QED) is 0.362. The van der Waals surface area contributed by atoms with Gasteiger partial charge in [0, 0.05) is 12.6 Å². The lowest BCUT2D eigenvalue weighted by molar-refractivity contribution is -0.139. The molecule has 0 fully saturated rings. The second-order valence-corrected chi connectivity index (χ2v) is 12.2. The molecule has 0 aliphatic rings. The third-order valence-electron chi connectivity index (χ3n) is 6.78. The van der Waals surface area contributed by atoms with Crippen LogP contribution in [0.4, 0.5) is 5.69 Å². The zero-order chi connectivity index (χ0) is 29.6. The number of carbonyl (C=O) groups excluding carboxylic acids is 2. The van der Waals surface area contributed by atoms with Crippen LogP contribution >= 0.6 is 0 Å². The minimum Gasteiger partial charge on any atom is -0.497 e. The van der Waals surface area contributed by atoms with Crippen LogP contribution in [0.25, 0.3) is 0 Å². The zero-order valence-electron chi connectivity index (χ0n) is 24.3. The highest BCUT2D eigenvalue weighted by Gasteiger charge is 2.32. The maximum absolute atomic E-state index is 14.0. The number of nitrogens with one attached hydrogen (secondary N) is 1. The molecule has 1 atom stereocenters. The summed E-state index contributed by atoms with van der Waals surface area (Å²) in [4.78, 5) is 28.5. The fraction of sp³-hybridized carbons (Fsp3) is 0.355. The Morgan fingerprint density at radius 1 is 0.875 bits per heavy atom. The van der Waals surface area contributed by atoms with E-state index in [-0.39, 0.29) is 23.4 Å². The minimum atomic E-state index is -4.11. The first kappa shape index (κ1) is 30.7. The van der Waals surface area contributed by atoms with Crippen molar-refractivity contribution in [2.45, 2.75) is 65.1 Å². The molecule has 0 radical (unpaired) electrons. The molecule has 40 heavy (non-hydrogen) atoms. The number of amides is 2. The molecule has 0 aliphatic heterocycles. The van der Waals surface area contributed by atoms with E-state index in [0.29, 0.717) is 11.4 Å². The Morgan fingerprint density at radius 2 is 1.50 bits per heavy atom. The summed E-state index contributed by atoms with van der Waals surface area (Å²) in [6.45, 7) is 10.7. The first-order chi connectivity index (χ1) is 18.8. The summed E-state index contributed by atoms with van der Waals surface area (Å²) < 4.78 is 34.2. The molecule has 0 aliphatic carbocycles. The van der Waals surface area contributed by atoms with E-state index in [0.717, 1.165) is 26.6 Å². The molecule has 3 aromatic carbocycles. The molecule has 0 heterocycles. The van der Waals surface area contributed by atoms with Crippen molar-refractivity contribution in [1.29, 1.82) is 0 Å². The van der Waals surface area contributed by atoms with Crippen molar-refractivity contribution in [2.75, 3.05) is 18.0 Å². The molecule has 214 valence electrons. The van der Waals surface area contributed by atoms with E-state index in [1.807, 2.05) is 52.8 Å². The number of methoxy groups -OCH3 is 1. The van der Waals surface area contributed by atoms with E-state index in [1.165, 1.54) is 17.0 Å². The van der Waals surface area contributed by atoms with E-state index in [1.54, 1.807) is 50.4 Å². The number of nitrogens with zero attached hydrogens (tertiary/aromatic N) is 2. The number of benzene rings is 3. The Kier molecular flexibility index (Phi) is 9.98. The first-order valence-electron chi connectivity index (χ1n) is 13.2. The fourth-order valence-electron chi connectivity index (χ4n) is 4.16. The van der Waals surface area contributed by atoms with Crippen molar-refractivity contribution in [1.82, 2.24) is 10.2 Å². The Hall–Kier alpha value is -3.85. The van der Waals surface area contributed by atoms with Gasteiger partial charge in [-0.15, -0.1) is 0 Å². The number of carbonyl (C=O) groups is 2. The third-order valence-corrected chi connectivity index (χ3v) is 8.56. The monoisotopic (exact) mass is 565 g/mol. The summed E-state index contributed by atoms with van der Waals surface area (Å²) in [6, 6.07) is 18.0. The number of rotatable bonds is 11. The largest absolute Gasteiger partial charge is 0.497 e. The average molecular weight is 566 g/mol. The van der Waals surface area contributed by atoms with Crippen LogP contribution in [0.15, 0.2) is 71.6 Å². The normalized spacial score (nSPS) is 12.1. The number of sulfonamides is 1. The Bertz CT molecular complexity index is 1430. The van der Waals surface area contributed by atoms with Crippen LogP contribution in [0.1, 0.15) is 43.0 Å². The van der Waals surface area contributed by atoms with Gasteiger partial charge in [0.1, 0.15) is 18.3 Å². The van der Waals surface area contributed by atoms with E-state index in [9.17, 15) is 18.0 Å². The smallest absolute Gasteiger partial charge is 0.264 e. The van der Waals surface area contributed by atoms with Gasteiger partial charge < -0.3 is 15.0 Å². The summed E-state index contributed by atoms with van der Waals surface area (Å²) in [5.74, 6) is -0.163. The summed E-state index contributed by atoms with van der Waals surface area (Å²) in [5, 5.41) is 2.86. The van der Waals surface area contributed by atoms with Gasteiger partial charge in [0.05, 0.1) is 17.7 Å². The molecule has 8 nitrogen and oxygen atoms in total. The summed E-state index contributed by atoms with van der Waals surface area (Å²) in [5.41, 5.74) is 3.97. The van der Waals surface area contributed by atoms with Crippen LogP contribution in [0.5, 0.6) is 5.75 Å². The number of hydrogen-bond donors (Lipinski definition) is 1. The molecule has 3 aromatic rings. The van der Waals surface area contributed by atoms with Gasteiger partial charge in [-0.05, 0) is 94.6 Å². The number of aryl methyl sites for hydroxylation is 3. The second-order valence-electron chi connectivity index (χ2n) is 10.3. The predicted molar refractivity (Wildman–Crippen MR) is 158 cm³/mol. The third kappa shape index (κ3) is 7.41. The van der Waals surface area contributed by atoms with Crippen molar-refractivity contribution in [2.24, 2.45) is 0 Å². The van der Waals surface area contributed by atoms with Gasteiger partial charge in [0.2, 0.25) is 11.8 Å². The molecule has 0 bridgehead atoms. The van der Waals surface area contributed by atoms with Crippen LogP contribution in [0.2, 0.25) is 0 Å². The molecular weight excluding hydrogens is 526 g/mol. The SMILES string of the molecule is COc1ccc(CN(C(=O)CN(c2ccc(C)c(C)c2)S(=O)(=O)c2ccc(C)cc2)[C@@H](C)C(=O)NC(C)C)cc1. The lowest BCUT2D eigenvalue weighted by Crippen LogP contribution is -2.52. The predicted octanol–water partition coefficient (Wildman–Crippen LogP) is 4.76. The molecule has 9 heteroatoms. The zero-order valence-corrected chi connectivity index (χ0v) is 25.1. The summed E-state index contributed by atoms with van der Waals surface area (Å²) >= 11 is 0. The summed E-state index contributed by atoms with van der Waals surface area (Å²) in [7, 11) is -2.54. The van der Waals surface area contributed by atoms with Gasteiger partial charge in [-0.2, -0.15) is 0 Å². The Morgan fingerprint density at radius 3 is 2.05 bits per heavy atom. The van der Waals surface area contributed by atoms with Crippen molar-refractivity contribution in [3.8, 4) is 5.75 Å². The van der Waals surface area contributed by atoms with Crippen LogP contribution in [0.3, 0.4) is 0 Å². The van der Waals surface area contributed by atoms with E-state index >= 15 is 0 Å². The molecule has 2 amide bonds. The van der Waals surface area contributed by atoms with Gasteiger partial charge in [-0.1, -0.05) is 35.9 Å². The highest BCUT2D eigenvalue weighted by molar-refractivity contribution is 7.92. The highest BCUT2D eigenvalue weighted by atomic mass is 32.2. The second kappa shape index (κ2) is 13.0. The topological polar surface area (TPSA) is 96.0 Å². The van der Waals surface area contributed by atoms with Crippen LogP contribution in [0, 0.1) is 20.8 Å². The number of hydrogen-bond acceptors (Lipinski definition) is 5. The molecule has 0 saturated heterocycles. The fourth-order valence-corrected chi connectivity index (χ4v) is 5.57. The molecule has 0 spiro atoms. The standard InChI is InChI=1S/C31H39N3O5S/c1-21(2)32-31(36)25(6)33(19-26-11-14-28(39-7)15-12-26)30(35)20-34(27-13-10-23(4)24(5)18-27)40(37,38)29-16-8-22(3)9-17-29/h8-18,21,25H,19-20H2,1-7H3,(H,32,36)/t25-/m0/s1. The molecular formula is C31H39N3O5S. The molecule has 3 rings (SSSR count). The number of anilines is 1. The van der Waals surface area contributed by atoms with Gasteiger partial charge in [0.15, 0.2) is 0 Å². The van der Waals surface area contributed by atoms with Crippen LogP contribution in [-0.4, -0.2) is 50.9 Å². The van der Waals surface area contributed by atoms with E-state index in [2.05, 4.69) is 5.32 Å². The average Bonchev–Trinajstić information content (AvgIpc) is 2.91. The Balaban J connectivity index is 2.05.